The smallest absolute Gasteiger partial charge is 0.416 e. The summed E-state index contributed by atoms with van der Waals surface area (Å²) in [5.74, 6) is -3.20. The van der Waals surface area contributed by atoms with Gasteiger partial charge in [0.2, 0.25) is 5.88 Å². The molecule has 1 amide bonds. The molecular formula is C22H16F4N4O5S2. The van der Waals surface area contributed by atoms with Crippen LogP contribution in [0.2, 0.25) is 0 Å². The Morgan fingerprint density at radius 1 is 1.19 bits per heavy atom. The topological polar surface area (TPSA) is 121 Å². The molecule has 4 rings (SSSR count). The standard InChI is InChI=1S/C22H16F4N4O5S2/c1-11(31)30(37(2,34)35)29-20(32)19(36-21(29)33)16(12-4-6-18-14(7-12)10-27-28-18)8-13-3-5-15(23)9-17(13)22(24,25)26/h3-7,9-10,32H,8H2,1-2H3. The molecule has 0 unspecified atom stereocenters. The van der Waals surface area contributed by atoms with Crippen LogP contribution in [0.3, 0.4) is 0 Å². The summed E-state index contributed by atoms with van der Waals surface area (Å²) in [5.41, 5.74) is -1.16. The van der Waals surface area contributed by atoms with E-state index >= 15 is 0 Å². The SMILES string of the molecule is CC(=O)N(n1c(O)c(C(Cc2ccc(F)cc2C(F)(F)F)=c2ccc3c(c2)C=NN=3)sc1=O)S(C)(=O)=O. The molecule has 37 heavy (non-hydrogen) atoms. The number of benzene rings is 2. The van der Waals surface area contributed by atoms with Crippen LogP contribution >= 0.6 is 11.3 Å². The summed E-state index contributed by atoms with van der Waals surface area (Å²) in [6.07, 6.45) is -3.44. The maximum Gasteiger partial charge on any atom is 0.416 e. The molecule has 0 aliphatic carbocycles. The van der Waals surface area contributed by atoms with Crippen LogP contribution in [0, 0.1) is 5.82 Å². The molecule has 0 radical (unpaired) electrons. The number of fused-ring (bicyclic) bond motifs is 1. The molecule has 0 bridgehead atoms. The molecule has 0 saturated carbocycles. The number of amides is 1. The van der Waals surface area contributed by atoms with Crippen molar-refractivity contribution in [1.29, 1.82) is 0 Å². The largest absolute Gasteiger partial charge is 0.492 e. The highest BCUT2D eigenvalue weighted by Crippen LogP contribution is 2.36. The highest BCUT2D eigenvalue weighted by molar-refractivity contribution is 7.92. The molecule has 1 N–H and O–H groups in total. The van der Waals surface area contributed by atoms with Crippen molar-refractivity contribution < 1.29 is 35.9 Å². The first-order valence-electron chi connectivity index (χ1n) is 10.2. The summed E-state index contributed by atoms with van der Waals surface area (Å²) in [5, 5.41) is 19.3. The van der Waals surface area contributed by atoms with Crippen molar-refractivity contribution in [2.75, 3.05) is 10.7 Å². The predicted octanol–water partition coefficient (Wildman–Crippen LogP) is 1.63. The molecule has 2 heterocycles. The molecule has 2 aromatic carbocycles. The number of hydrogen-bond donors (Lipinski definition) is 1. The van der Waals surface area contributed by atoms with Crippen LogP contribution < -0.4 is 19.9 Å². The van der Waals surface area contributed by atoms with Crippen molar-refractivity contribution in [3.05, 3.63) is 84.0 Å². The van der Waals surface area contributed by atoms with Gasteiger partial charge in [0.05, 0.1) is 28.3 Å². The Hall–Kier alpha value is -3.85. The average Bonchev–Trinajstić information content (AvgIpc) is 3.36. The summed E-state index contributed by atoms with van der Waals surface area (Å²) in [6.45, 7) is 0.854. The lowest BCUT2D eigenvalue weighted by Gasteiger charge is -2.19. The van der Waals surface area contributed by atoms with Gasteiger partial charge in [-0.1, -0.05) is 23.5 Å². The number of aromatic hydroxyl groups is 1. The maximum absolute atomic E-state index is 13.7. The number of carbonyl (C=O) groups is 1. The van der Waals surface area contributed by atoms with Gasteiger partial charge in [-0.2, -0.15) is 28.1 Å². The zero-order valence-corrected chi connectivity index (χ0v) is 20.6. The third kappa shape index (κ3) is 5.04. The fraction of sp³-hybridized carbons (Fsp3) is 0.182. The van der Waals surface area contributed by atoms with E-state index in [1.165, 1.54) is 24.4 Å². The number of sulfonamides is 1. The number of aromatic nitrogens is 1. The van der Waals surface area contributed by atoms with E-state index in [1.54, 1.807) is 0 Å². The van der Waals surface area contributed by atoms with Gasteiger partial charge in [-0.05, 0) is 40.6 Å². The monoisotopic (exact) mass is 556 g/mol. The Morgan fingerprint density at radius 2 is 1.89 bits per heavy atom. The third-order valence-corrected chi connectivity index (χ3v) is 7.32. The normalized spacial score (nSPS) is 13.8. The summed E-state index contributed by atoms with van der Waals surface area (Å²) < 4.78 is 79.5. The Kier molecular flexibility index (Phi) is 6.54. The van der Waals surface area contributed by atoms with Crippen molar-refractivity contribution in [1.82, 2.24) is 4.68 Å². The van der Waals surface area contributed by atoms with Gasteiger partial charge in [-0.3, -0.25) is 9.59 Å². The van der Waals surface area contributed by atoms with Crippen molar-refractivity contribution in [2.24, 2.45) is 10.2 Å². The molecule has 0 fully saturated rings. The molecule has 0 spiro atoms. The van der Waals surface area contributed by atoms with E-state index in [2.05, 4.69) is 10.2 Å². The Morgan fingerprint density at radius 3 is 2.51 bits per heavy atom. The van der Waals surface area contributed by atoms with Gasteiger partial charge >= 0.3 is 11.0 Å². The van der Waals surface area contributed by atoms with Crippen LogP contribution in [0.25, 0.3) is 5.57 Å². The lowest BCUT2D eigenvalue weighted by atomic mass is 9.96. The molecule has 9 nitrogen and oxygen atoms in total. The molecule has 15 heteroatoms. The van der Waals surface area contributed by atoms with Crippen LogP contribution in [-0.4, -0.2) is 36.6 Å². The van der Waals surface area contributed by atoms with Gasteiger partial charge in [-0.25, -0.2) is 12.8 Å². The van der Waals surface area contributed by atoms with Gasteiger partial charge in [0.25, 0.3) is 15.9 Å². The van der Waals surface area contributed by atoms with Crippen molar-refractivity contribution >= 4 is 39.1 Å². The second-order valence-corrected chi connectivity index (χ2v) is 10.7. The number of halogens is 4. The first-order chi connectivity index (χ1) is 17.2. The minimum atomic E-state index is -4.92. The molecule has 0 atom stereocenters. The number of thiazole rings is 1. The summed E-state index contributed by atoms with van der Waals surface area (Å²) in [6, 6.07) is 6.59. The molecule has 1 aromatic heterocycles. The number of carbonyl (C=O) groups excluding carboxylic acids is 1. The zero-order valence-electron chi connectivity index (χ0n) is 18.9. The minimum absolute atomic E-state index is 0.0180. The Balaban J connectivity index is 2.03. The second kappa shape index (κ2) is 9.23. The highest BCUT2D eigenvalue weighted by Gasteiger charge is 2.35. The molecule has 3 aromatic rings. The predicted molar refractivity (Wildman–Crippen MR) is 126 cm³/mol. The first kappa shape index (κ1) is 26.2. The van der Waals surface area contributed by atoms with E-state index in [0.717, 1.165) is 19.1 Å². The van der Waals surface area contributed by atoms with Crippen molar-refractivity contribution in [2.45, 2.75) is 19.5 Å². The van der Waals surface area contributed by atoms with Crippen molar-refractivity contribution in [3.8, 4) is 5.88 Å². The minimum Gasteiger partial charge on any atom is -0.492 e. The Bertz CT molecular complexity index is 1760. The fourth-order valence-electron chi connectivity index (χ4n) is 3.80. The zero-order chi connectivity index (χ0) is 27.3. The van der Waals surface area contributed by atoms with Crippen LogP contribution in [-0.2, 0) is 27.4 Å². The fourth-order valence-corrected chi connectivity index (χ4v) is 5.69. The highest BCUT2D eigenvalue weighted by atomic mass is 32.2. The van der Waals surface area contributed by atoms with Gasteiger partial charge < -0.3 is 5.11 Å². The molecule has 0 saturated heterocycles. The number of rotatable bonds is 5. The third-order valence-electron chi connectivity index (χ3n) is 5.29. The van der Waals surface area contributed by atoms with E-state index < -0.39 is 50.7 Å². The van der Waals surface area contributed by atoms with Crippen molar-refractivity contribution in [3.63, 3.8) is 0 Å². The van der Waals surface area contributed by atoms with Gasteiger partial charge in [0, 0.05) is 18.9 Å². The van der Waals surface area contributed by atoms with Crippen LogP contribution in [0.1, 0.15) is 28.5 Å². The molecule has 194 valence electrons. The van der Waals surface area contributed by atoms with Crippen LogP contribution in [0.4, 0.5) is 17.6 Å². The lowest BCUT2D eigenvalue weighted by Crippen LogP contribution is -2.47. The number of nitrogens with zero attached hydrogens (tertiary/aromatic N) is 4. The van der Waals surface area contributed by atoms with Gasteiger partial charge in [0.1, 0.15) is 5.82 Å². The summed E-state index contributed by atoms with van der Waals surface area (Å²) >= 11 is 0.324. The first-order valence-corrected chi connectivity index (χ1v) is 12.9. The maximum atomic E-state index is 13.7. The van der Waals surface area contributed by atoms with Crippen LogP contribution in [0.15, 0.2) is 51.4 Å². The molecule has 1 aliphatic rings. The molecular weight excluding hydrogens is 540 g/mol. The van der Waals surface area contributed by atoms with E-state index in [-0.39, 0.29) is 30.3 Å². The van der Waals surface area contributed by atoms with Crippen LogP contribution in [0.5, 0.6) is 5.88 Å². The van der Waals surface area contributed by atoms with Gasteiger partial charge in [0.15, 0.2) is 0 Å². The quantitative estimate of drug-likeness (QED) is 0.479. The van der Waals surface area contributed by atoms with E-state index in [9.17, 15) is 40.7 Å². The molecule has 1 aliphatic heterocycles. The lowest BCUT2D eigenvalue weighted by molar-refractivity contribution is -0.138. The average molecular weight is 557 g/mol. The summed E-state index contributed by atoms with van der Waals surface area (Å²) in [4.78, 5) is 23.4. The van der Waals surface area contributed by atoms with E-state index in [0.29, 0.717) is 34.6 Å². The van der Waals surface area contributed by atoms with E-state index in [4.69, 9.17) is 0 Å². The summed E-state index contributed by atoms with van der Waals surface area (Å²) in [7, 11) is -4.37. The van der Waals surface area contributed by atoms with E-state index in [1.807, 2.05) is 0 Å². The Labute approximate surface area is 210 Å². The number of hydrogen-bond acceptors (Lipinski definition) is 8. The second-order valence-electron chi connectivity index (χ2n) is 7.93. The number of alkyl halides is 3. The van der Waals surface area contributed by atoms with Gasteiger partial charge in [-0.15, -0.1) is 4.41 Å².